The van der Waals surface area contributed by atoms with Gasteiger partial charge in [0.05, 0.1) is 11.1 Å². The third kappa shape index (κ3) is 4.31. The Hall–Kier alpha value is -0.900. The highest BCUT2D eigenvalue weighted by molar-refractivity contribution is 9.10. The van der Waals surface area contributed by atoms with Gasteiger partial charge in [0.2, 0.25) is 0 Å². The summed E-state index contributed by atoms with van der Waals surface area (Å²) in [4.78, 5) is 11.0. The van der Waals surface area contributed by atoms with Gasteiger partial charge in [-0.25, -0.2) is 4.39 Å². The second-order valence-electron chi connectivity index (χ2n) is 3.42. The van der Waals surface area contributed by atoms with E-state index in [1.807, 2.05) is 6.92 Å². The Morgan fingerprint density at radius 1 is 1.50 bits per heavy atom. The SMILES string of the molecule is CCC(=O)CCCOc1ccc(F)cc1Br. The van der Waals surface area contributed by atoms with Gasteiger partial charge in [-0.2, -0.15) is 0 Å². The summed E-state index contributed by atoms with van der Waals surface area (Å²) in [6.45, 7) is 2.32. The molecule has 0 aliphatic heterocycles. The smallest absolute Gasteiger partial charge is 0.133 e. The Morgan fingerprint density at radius 3 is 2.88 bits per heavy atom. The second-order valence-corrected chi connectivity index (χ2v) is 4.27. The van der Waals surface area contributed by atoms with Gasteiger partial charge in [0.1, 0.15) is 17.3 Å². The summed E-state index contributed by atoms with van der Waals surface area (Å²) in [5.74, 6) is 0.535. The largest absolute Gasteiger partial charge is 0.492 e. The normalized spacial score (nSPS) is 10.2. The van der Waals surface area contributed by atoms with Crippen molar-refractivity contribution in [3.05, 3.63) is 28.5 Å². The van der Waals surface area contributed by atoms with E-state index in [4.69, 9.17) is 4.74 Å². The number of benzene rings is 1. The quantitative estimate of drug-likeness (QED) is 0.746. The number of hydrogen-bond acceptors (Lipinski definition) is 2. The van der Waals surface area contributed by atoms with Crippen LogP contribution in [0.25, 0.3) is 0 Å². The molecule has 16 heavy (non-hydrogen) atoms. The number of ether oxygens (including phenoxy) is 1. The zero-order valence-corrected chi connectivity index (χ0v) is 10.7. The average molecular weight is 289 g/mol. The molecule has 0 amide bonds. The van der Waals surface area contributed by atoms with Crippen LogP contribution < -0.4 is 4.74 Å². The minimum atomic E-state index is -0.305. The van der Waals surface area contributed by atoms with Crippen molar-refractivity contribution in [3.8, 4) is 5.75 Å². The molecule has 0 unspecified atom stereocenters. The van der Waals surface area contributed by atoms with E-state index in [0.29, 0.717) is 36.1 Å². The molecule has 0 heterocycles. The number of carbonyl (C=O) groups is 1. The fourth-order valence-corrected chi connectivity index (χ4v) is 1.69. The number of ketones is 1. The molecule has 0 aliphatic carbocycles. The minimum absolute atomic E-state index is 0.238. The molecule has 0 spiro atoms. The molecular weight excluding hydrogens is 275 g/mol. The molecule has 0 atom stereocenters. The van der Waals surface area contributed by atoms with Crippen LogP contribution in [-0.2, 0) is 4.79 Å². The van der Waals surface area contributed by atoms with Crippen molar-refractivity contribution in [3.63, 3.8) is 0 Å². The Kier molecular flexibility index (Phi) is 5.46. The van der Waals surface area contributed by atoms with Crippen LogP contribution in [0.3, 0.4) is 0 Å². The van der Waals surface area contributed by atoms with E-state index in [1.54, 1.807) is 6.07 Å². The summed E-state index contributed by atoms with van der Waals surface area (Å²) in [7, 11) is 0. The van der Waals surface area contributed by atoms with Gasteiger partial charge in [-0.1, -0.05) is 6.92 Å². The predicted molar refractivity (Wildman–Crippen MR) is 64.1 cm³/mol. The van der Waals surface area contributed by atoms with E-state index in [2.05, 4.69) is 15.9 Å². The Bertz CT molecular complexity index is 366. The Morgan fingerprint density at radius 2 is 2.25 bits per heavy atom. The Balaban J connectivity index is 2.35. The van der Waals surface area contributed by atoms with Gasteiger partial charge >= 0.3 is 0 Å². The lowest BCUT2D eigenvalue weighted by Crippen LogP contribution is -2.02. The minimum Gasteiger partial charge on any atom is -0.492 e. The van der Waals surface area contributed by atoms with E-state index < -0.39 is 0 Å². The molecule has 1 aromatic rings. The summed E-state index contributed by atoms with van der Waals surface area (Å²) >= 11 is 3.21. The highest BCUT2D eigenvalue weighted by Crippen LogP contribution is 2.25. The van der Waals surface area contributed by atoms with E-state index in [1.165, 1.54) is 12.1 Å². The lowest BCUT2D eigenvalue weighted by molar-refractivity contribution is -0.118. The summed E-state index contributed by atoms with van der Waals surface area (Å²) < 4.78 is 18.8. The second kappa shape index (κ2) is 6.63. The topological polar surface area (TPSA) is 26.3 Å². The first-order valence-electron chi connectivity index (χ1n) is 5.23. The van der Waals surface area contributed by atoms with Crippen molar-refractivity contribution in [2.45, 2.75) is 26.2 Å². The fourth-order valence-electron chi connectivity index (χ4n) is 1.22. The number of rotatable bonds is 6. The van der Waals surface area contributed by atoms with Gasteiger partial charge in [0.25, 0.3) is 0 Å². The molecule has 0 aliphatic rings. The van der Waals surface area contributed by atoms with Crippen LogP contribution >= 0.6 is 15.9 Å². The van der Waals surface area contributed by atoms with Crippen molar-refractivity contribution < 1.29 is 13.9 Å². The molecule has 88 valence electrons. The van der Waals surface area contributed by atoms with E-state index in [9.17, 15) is 9.18 Å². The molecule has 1 aromatic carbocycles. The molecule has 0 saturated carbocycles. The van der Waals surface area contributed by atoms with Crippen molar-refractivity contribution >= 4 is 21.7 Å². The van der Waals surface area contributed by atoms with Crippen LogP contribution in [0, 0.1) is 5.82 Å². The first-order valence-corrected chi connectivity index (χ1v) is 6.02. The van der Waals surface area contributed by atoms with Gasteiger partial charge in [-0.15, -0.1) is 0 Å². The van der Waals surface area contributed by atoms with Gasteiger partial charge in [0.15, 0.2) is 0 Å². The molecule has 4 heteroatoms. The molecular formula is C12H14BrFO2. The standard InChI is InChI=1S/C12H14BrFO2/c1-2-10(15)4-3-7-16-12-6-5-9(14)8-11(12)13/h5-6,8H,2-4,7H2,1H3. The average Bonchev–Trinajstić information content (AvgIpc) is 2.26. The monoisotopic (exact) mass is 288 g/mol. The maximum atomic E-state index is 12.8. The molecule has 0 fully saturated rings. The number of Topliss-reactive ketones (excluding diaryl/α,β-unsaturated/α-hetero) is 1. The first kappa shape index (κ1) is 13.2. The van der Waals surface area contributed by atoms with Crippen LogP contribution in [-0.4, -0.2) is 12.4 Å². The molecule has 0 bridgehead atoms. The zero-order valence-electron chi connectivity index (χ0n) is 9.13. The van der Waals surface area contributed by atoms with E-state index in [-0.39, 0.29) is 11.6 Å². The first-order chi connectivity index (χ1) is 7.63. The maximum absolute atomic E-state index is 12.8. The van der Waals surface area contributed by atoms with Crippen LogP contribution in [0.1, 0.15) is 26.2 Å². The number of carbonyl (C=O) groups excluding carboxylic acids is 1. The molecule has 0 saturated heterocycles. The Labute approximate surface area is 103 Å². The van der Waals surface area contributed by atoms with E-state index in [0.717, 1.165) is 0 Å². The van der Waals surface area contributed by atoms with Gasteiger partial charge < -0.3 is 4.74 Å². The van der Waals surface area contributed by atoms with Gasteiger partial charge in [-0.3, -0.25) is 4.79 Å². The summed E-state index contributed by atoms with van der Waals surface area (Å²) in [6.07, 6.45) is 1.80. The highest BCUT2D eigenvalue weighted by Gasteiger charge is 2.03. The van der Waals surface area contributed by atoms with Crippen molar-refractivity contribution in [2.24, 2.45) is 0 Å². The summed E-state index contributed by atoms with van der Waals surface area (Å²) in [5, 5.41) is 0. The summed E-state index contributed by atoms with van der Waals surface area (Å²) in [5.41, 5.74) is 0. The fraction of sp³-hybridized carbons (Fsp3) is 0.417. The van der Waals surface area contributed by atoms with E-state index >= 15 is 0 Å². The maximum Gasteiger partial charge on any atom is 0.133 e. The third-order valence-corrected chi connectivity index (χ3v) is 2.77. The molecule has 2 nitrogen and oxygen atoms in total. The van der Waals surface area contributed by atoms with Crippen molar-refractivity contribution in [1.82, 2.24) is 0 Å². The molecule has 0 aromatic heterocycles. The number of hydrogen-bond donors (Lipinski definition) is 0. The van der Waals surface area contributed by atoms with Crippen LogP contribution in [0.2, 0.25) is 0 Å². The van der Waals surface area contributed by atoms with Gasteiger partial charge in [0, 0.05) is 12.8 Å². The predicted octanol–water partition coefficient (Wildman–Crippen LogP) is 3.73. The molecule has 1 rings (SSSR count). The van der Waals surface area contributed by atoms with Crippen molar-refractivity contribution in [2.75, 3.05) is 6.61 Å². The summed E-state index contributed by atoms with van der Waals surface area (Å²) in [6, 6.07) is 4.27. The van der Waals surface area contributed by atoms with Crippen LogP contribution in [0.5, 0.6) is 5.75 Å². The molecule has 0 radical (unpaired) electrons. The lowest BCUT2D eigenvalue weighted by Gasteiger charge is -2.07. The lowest BCUT2D eigenvalue weighted by atomic mass is 10.2. The highest BCUT2D eigenvalue weighted by atomic mass is 79.9. The van der Waals surface area contributed by atoms with Gasteiger partial charge in [-0.05, 0) is 40.5 Å². The molecule has 0 N–H and O–H groups in total. The zero-order chi connectivity index (χ0) is 12.0. The van der Waals surface area contributed by atoms with Crippen LogP contribution in [0.4, 0.5) is 4.39 Å². The van der Waals surface area contributed by atoms with Crippen molar-refractivity contribution in [1.29, 1.82) is 0 Å². The third-order valence-electron chi connectivity index (χ3n) is 2.15. The number of halogens is 2. The van der Waals surface area contributed by atoms with Crippen LogP contribution in [0.15, 0.2) is 22.7 Å².